The van der Waals surface area contributed by atoms with Gasteiger partial charge in [-0.15, -0.1) is 0 Å². The largest absolute Gasteiger partial charge is 0.321 e. The summed E-state index contributed by atoms with van der Waals surface area (Å²) in [5.41, 5.74) is 2.97. The van der Waals surface area contributed by atoms with E-state index in [4.69, 9.17) is 0 Å². The van der Waals surface area contributed by atoms with Crippen molar-refractivity contribution in [2.45, 2.75) is 32.6 Å². The van der Waals surface area contributed by atoms with E-state index in [1.165, 1.54) is 10.4 Å². The van der Waals surface area contributed by atoms with Gasteiger partial charge in [0, 0.05) is 24.5 Å². The zero-order valence-electron chi connectivity index (χ0n) is 17.6. The standard InChI is InChI=1S/C22H26N4O3S/c1-5-25(6-2)30(28,29)21-15-18(13-12-16(21)3)23-22(27)20-14-17(4)26(24-20)19-10-8-7-9-11-19/h7-15H,5-6H2,1-4H3,(H,23,27). The second kappa shape index (κ2) is 8.81. The van der Waals surface area contributed by atoms with Gasteiger partial charge in [-0.3, -0.25) is 4.79 Å². The van der Waals surface area contributed by atoms with Gasteiger partial charge in [0.2, 0.25) is 10.0 Å². The zero-order valence-corrected chi connectivity index (χ0v) is 18.4. The topological polar surface area (TPSA) is 84.3 Å². The fraction of sp³-hybridized carbons (Fsp3) is 0.273. The van der Waals surface area contributed by atoms with E-state index >= 15 is 0 Å². The molecule has 158 valence electrons. The van der Waals surface area contributed by atoms with E-state index in [1.54, 1.807) is 43.7 Å². The van der Waals surface area contributed by atoms with Gasteiger partial charge >= 0.3 is 0 Å². The molecule has 8 heteroatoms. The van der Waals surface area contributed by atoms with Gasteiger partial charge in [-0.1, -0.05) is 38.1 Å². The second-order valence-corrected chi connectivity index (χ2v) is 8.85. The minimum absolute atomic E-state index is 0.190. The second-order valence-electron chi connectivity index (χ2n) is 6.94. The minimum atomic E-state index is -3.63. The summed E-state index contributed by atoms with van der Waals surface area (Å²) in [7, 11) is -3.63. The lowest BCUT2D eigenvalue weighted by Gasteiger charge is -2.20. The van der Waals surface area contributed by atoms with Crippen molar-refractivity contribution >= 4 is 21.6 Å². The first-order valence-electron chi connectivity index (χ1n) is 9.82. The highest BCUT2D eigenvalue weighted by Crippen LogP contribution is 2.24. The smallest absolute Gasteiger partial charge is 0.276 e. The molecule has 0 atom stereocenters. The van der Waals surface area contributed by atoms with E-state index in [-0.39, 0.29) is 10.6 Å². The summed E-state index contributed by atoms with van der Waals surface area (Å²) in [5.74, 6) is -0.400. The van der Waals surface area contributed by atoms with Crippen molar-refractivity contribution in [3.63, 3.8) is 0 Å². The molecule has 7 nitrogen and oxygen atoms in total. The summed E-state index contributed by atoms with van der Waals surface area (Å²) in [6.07, 6.45) is 0. The van der Waals surface area contributed by atoms with Gasteiger partial charge in [-0.2, -0.15) is 9.40 Å². The molecule has 0 aliphatic carbocycles. The Morgan fingerprint density at radius 1 is 1.03 bits per heavy atom. The minimum Gasteiger partial charge on any atom is -0.321 e. The maximum Gasteiger partial charge on any atom is 0.276 e. The summed E-state index contributed by atoms with van der Waals surface area (Å²) in [4.78, 5) is 12.9. The molecule has 0 radical (unpaired) electrons. The number of amides is 1. The number of benzene rings is 2. The Balaban J connectivity index is 1.88. The van der Waals surface area contributed by atoms with Crippen molar-refractivity contribution in [1.29, 1.82) is 0 Å². The van der Waals surface area contributed by atoms with Gasteiger partial charge < -0.3 is 5.32 Å². The van der Waals surface area contributed by atoms with Crippen LogP contribution in [0, 0.1) is 13.8 Å². The third-order valence-electron chi connectivity index (χ3n) is 4.89. The Kier molecular flexibility index (Phi) is 6.38. The summed E-state index contributed by atoms with van der Waals surface area (Å²) < 4.78 is 28.9. The van der Waals surface area contributed by atoms with Crippen LogP contribution in [0.3, 0.4) is 0 Å². The monoisotopic (exact) mass is 426 g/mol. The first kappa shape index (κ1) is 21.7. The van der Waals surface area contributed by atoms with Crippen LogP contribution < -0.4 is 5.32 Å². The predicted octanol–water partition coefficient (Wildman–Crippen LogP) is 3.77. The molecule has 3 rings (SSSR count). The fourth-order valence-electron chi connectivity index (χ4n) is 3.27. The number of para-hydroxylation sites is 1. The number of anilines is 1. The van der Waals surface area contributed by atoms with Crippen molar-refractivity contribution in [1.82, 2.24) is 14.1 Å². The van der Waals surface area contributed by atoms with Crippen molar-refractivity contribution in [2.75, 3.05) is 18.4 Å². The number of hydrogen-bond donors (Lipinski definition) is 1. The SMILES string of the molecule is CCN(CC)S(=O)(=O)c1cc(NC(=O)c2cc(C)n(-c3ccccc3)n2)ccc1C. The van der Waals surface area contributed by atoms with Gasteiger partial charge in [0.1, 0.15) is 0 Å². The Hall–Kier alpha value is -2.97. The number of rotatable bonds is 7. The highest BCUT2D eigenvalue weighted by molar-refractivity contribution is 7.89. The Bertz CT molecular complexity index is 1150. The number of carbonyl (C=O) groups is 1. The number of nitrogens with one attached hydrogen (secondary N) is 1. The molecular formula is C22H26N4O3S. The molecule has 1 aromatic heterocycles. The highest BCUT2D eigenvalue weighted by atomic mass is 32.2. The summed E-state index contributed by atoms with van der Waals surface area (Å²) in [6, 6.07) is 16.1. The number of hydrogen-bond acceptors (Lipinski definition) is 4. The van der Waals surface area contributed by atoms with Crippen LogP contribution in [0.15, 0.2) is 59.5 Å². The Morgan fingerprint density at radius 2 is 1.70 bits per heavy atom. The number of carbonyl (C=O) groups excluding carboxylic acids is 1. The Morgan fingerprint density at radius 3 is 2.33 bits per heavy atom. The van der Waals surface area contributed by atoms with Crippen LogP contribution in [-0.2, 0) is 10.0 Å². The first-order chi connectivity index (χ1) is 14.3. The molecule has 0 saturated heterocycles. The number of aromatic nitrogens is 2. The van der Waals surface area contributed by atoms with Crippen LogP contribution in [0.4, 0.5) is 5.69 Å². The molecule has 2 aromatic carbocycles. The van der Waals surface area contributed by atoms with E-state index in [0.29, 0.717) is 24.3 Å². The molecule has 1 amide bonds. The molecule has 1 heterocycles. The number of sulfonamides is 1. The van der Waals surface area contributed by atoms with Gasteiger partial charge in [-0.25, -0.2) is 13.1 Å². The van der Waals surface area contributed by atoms with E-state index < -0.39 is 15.9 Å². The highest BCUT2D eigenvalue weighted by Gasteiger charge is 2.24. The van der Waals surface area contributed by atoms with Gasteiger partial charge in [0.05, 0.1) is 10.6 Å². The van der Waals surface area contributed by atoms with E-state index in [2.05, 4.69) is 10.4 Å². The normalized spacial score (nSPS) is 11.6. The lowest BCUT2D eigenvalue weighted by atomic mass is 10.2. The zero-order chi connectivity index (χ0) is 21.9. The summed E-state index contributed by atoms with van der Waals surface area (Å²) in [5, 5.41) is 7.16. The third kappa shape index (κ3) is 4.29. The van der Waals surface area contributed by atoms with Crippen molar-refractivity contribution in [3.8, 4) is 5.69 Å². The summed E-state index contributed by atoms with van der Waals surface area (Å²) in [6.45, 7) is 7.97. The van der Waals surface area contributed by atoms with E-state index in [9.17, 15) is 13.2 Å². The van der Waals surface area contributed by atoms with Gasteiger partial charge in [-0.05, 0) is 49.7 Å². The van der Waals surface area contributed by atoms with Crippen LogP contribution in [0.25, 0.3) is 5.69 Å². The van der Waals surface area contributed by atoms with Crippen LogP contribution in [0.5, 0.6) is 0 Å². The van der Waals surface area contributed by atoms with Gasteiger partial charge in [0.25, 0.3) is 5.91 Å². The number of aryl methyl sites for hydroxylation is 2. The van der Waals surface area contributed by atoms with Crippen molar-refractivity contribution in [3.05, 3.63) is 71.5 Å². The van der Waals surface area contributed by atoms with E-state index in [0.717, 1.165) is 11.4 Å². The molecule has 3 aromatic rings. The maximum atomic E-state index is 12.9. The first-order valence-corrected chi connectivity index (χ1v) is 11.3. The average Bonchev–Trinajstić information content (AvgIpc) is 3.12. The third-order valence-corrected chi connectivity index (χ3v) is 7.08. The number of nitrogens with zero attached hydrogens (tertiary/aromatic N) is 3. The molecule has 0 aliphatic heterocycles. The summed E-state index contributed by atoms with van der Waals surface area (Å²) >= 11 is 0. The molecule has 0 aliphatic rings. The molecule has 0 saturated carbocycles. The van der Waals surface area contributed by atoms with Crippen LogP contribution in [-0.4, -0.2) is 41.5 Å². The van der Waals surface area contributed by atoms with E-state index in [1.807, 2.05) is 37.3 Å². The van der Waals surface area contributed by atoms with Crippen LogP contribution in [0.1, 0.15) is 35.6 Å². The molecule has 30 heavy (non-hydrogen) atoms. The molecule has 0 unspecified atom stereocenters. The molecule has 0 fully saturated rings. The van der Waals surface area contributed by atoms with Crippen molar-refractivity contribution < 1.29 is 13.2 Å². The molecule has 0 bridgehead atoms. The Labute approximate surface area is 177 Å². The molecule has 1 N–H and O–H groups in total. The van der Waals surface area contributed by atoms with Crippen LogP contribution >= 0.6 is 0 Å². The lowest BCUT2D eigenvalue weighted by molar-refractivity contribution is 0.102. The average molecular weight is 427 g/mol. The molecule has 0 spiro atoms. The predicted molar refractivity (Wildman–Crippen MR) is 118 cm³/mol. The molecular weight excluding hydrogens is 400 g/mol. The van der Waals surface area contributed by atoms with Crippen LogP contribution in [0.2, 0.25) is 0 Å². The van der Waals surface area contributed by atoms with Gasteiger partial charge in [0.15, 0.2) is 5.69 Å². The fourth-order valence-corrected chi connectivity index (χ4v) is 4.98. The lowest BCUT2D eigenvalue weighted by Crippen LogP contribution is -2.31. The van der Waals surface area contributed by atoms with Crippen molar-refractivity contribution in [2.24, 2.45) is 0 Å². The quantitative estimate of drug-likeness (QED) is 0.623. The maximum absolute atomic E-state index is 12.9.